The Morgan fingerprint density at radius 1 is 1.00 bits per heavy atom. The van der Waals surface area contributed by atoms with Crippen molar-refractivity contribution in [2.45, 2.75) is 82.8 Å². The molecule has 10 nitrogen and oxygen atoms in total. The molecule has 2 atom stereocenters. The van der Waals surface area contributed by atoms with E-state index in [1.807, 2.05) is 11.8 Å². The molecule has 45 heavy (non-hydrogen) atoms. The third-order valence-electron chi connectivity index (χ3n) is 9.48. The molecule has 248 valence electrons. The number of aryl methyl sites for hydroxylation is 1. The minimum absolute atomic E-state index is 0.0328. The van der Waals surface area contributed by atoms with Crippen molar-refractivity contribution in [1.82, 2.24) is 24.1 Å². The van der Waals surface area contributed by atoms with Crippen molar-refractivity contribution in [1.29, 1.82) is 0 Å². The number of carbonyl (C=O) groups is 1. The lowest BCUT2D eigenvalue weighted by Crippen LogP contribution is -2.52. The van der Waals surface area contributed by atoms with Crippen molar-refractivity contribution in [2.75, 3.05) is 51.3 Å². The van der Waals surface area contributed by atoms with Crippen molar-refractivity contribution < 1.29 is 31.1 Å². The van der Waals surface area contributed by atoms with Gasteiger partial charge in [-0.05, 0) is 83.2 Å². The van der Waals surface area contributed by atoms with Crippen LogP contribution < -0.4 is 5.32 Å². The summed E-state index contributed by atoms with van der Waals surface area (Å²) in [6.45, 7) is 6.98. The minimum Gasteiger partial charge on any atom is -0.368 e. The van der Waals surface area contributed by atoms with E-state index in [1.54, 1.807) is 14.0 Å². The highest BCUT2D eigenvalue weighted by Gasteiger charge is 2.34. The third-order valence-corrected chi connectivity index (χ3v) is 10.8. The number of piperidine rings is 2. The summed E-state index contributed by atoms with van der Waals surface area (Å²) in [5.74, 6) is 0.940. The lowest BCUT2D eigenvalue weighted by Gasteiger charge is -2.43. The number of ether oxygens (including phenoxy) is 1. The molecule has 3 saturated heterocycles. The lowest BCUT2D eigenvalue weighted by atomic mass is 9.97. The number of carbonyl (C=O) groups excluding carboxylic acids is 1. The first-order valence-electron chi connectivity index (χ1n) is 15.6. The van der Waals surface area contributed by atoms with Crippen LogP contribution in [0.1, 0.15) is 77.6 Å². The fraction of sp³-hybridized carbons (Fsp3) is 0.645. The quantitative estimate of drug-likeness (QED) is 0.447. The standard InChI is InChI=1S/C31H43F3N6O4S/c1-20-28(30(41)40-17-13-25(14-18-40)39-15-11-24(12-16-39)38(3)45(4,42)43)36-21(2)37-29(20)35-19-26-9-10-27(44-26)22-5-7-23(8-6-22)31(32,33)34/h5-8,24-27H,9-19H2,1-4H3,(H,35,36,37)/t26-,27+/m0/s1. The second kappa shape index (κ2) is 13.5. The number of sulfonamides is 1. The van der Waals surface area contributed by atoms with E-state index >= 15 is 0 Å². The van der Waals surface area contributed by atoms with Crippen LogP contribution in [0, 0.1) is 13.8 Å². The van der Waals surface area contributed by atoms with Crippen LogP contribution in [0.5, 0.6) is 0 Å². The third kappa shape index (κ3) is 7.95. The number of nitrogens with one attached hydrogen (secondary N) is 1. The molecule has 5 rings (SSSR count). The number of alkyl halides is 3. The molecule has 3 aliphatic rings. The summed E-state index contributed by atoms with van der Waals surface area (Å²) in [6, 6.07) is 5.52. The average Bonchev–Trinajstić information content (AvgIpc) is 3.49. The number of benzene rings is 1. The zero-order chi connectivity index (χ0) is 32.5. The molecule has 0 bridgehead atoms. The maximum absolute atomic E-state index is 13.6. The van der Waals surface area contributed by atoms with Gasteiger partial charge >= 0.3 is 6.18 Å². The van der Waals surface area contributed by atoms with Gasteiger partial charge < -0.3 is 19.9 Å². The summed E-state index contributed by atoms with van der Waals surface area (Å²) in [7, 11) is -1.55. The molecule has 1 aromatic heterocycles. The van der Waals surface area contributed by atoms with E-state index in [0.717, 1.165) is 62.9 Å². The van der Waals surface area contributed by atoms with Gasteiger partial charge in [0, 0.05) is 44.3 Å². The SMILES string of the molecule is Cc1nc(NC[C@@H]2CC[C@H](c3ccc(C(F)(F)F)cc3)O2)c(C)c(C(=O)N2CCC(N3CCC(N(C)S(C)(=O)=O)CC3)CC2)n1. The van der Waals surface area contributed by atoms with Crippen LogP contribution in [0.2, 0.25) is 0 Å². The Balaban J connectivity index is 1.13. The highest BCUT2D eigenvalue weighted by atomic mass is 32.2. The van der Waals surface area contributed by atoms with Gasteiger partial charge in [0.15, 0.2) is 0 Å². The molecule has 0 unspecified atom stereocenters. The number of nitrogens with zero attached hydrogens (tertiary/aromatic N) is 5. The van der Waals surface area contributed by atoms with Crippen LogP contribution in [-0.2, 0) is 20.9 Å². The monoisotopic (exact) mass is 652 g/mol. The summed E-state index contributed by atoms with van der Waals surface area (Å²) >= 11 is 0. The first-order valence-corrected chi connectivity index (χ1v) is 17.4. The van der Waals surface area contributed by atoms with Gasteiger partial charge in [0.1, 0.15) is 17.3 Å². The van der Waals surface area contributed by atoms with E-state index in [1.165, 1.54) is 22.7 Å². The first kappa shape index (κ1) is 33.6. The lowest BCUT2D eigenvalue weighted by molar-refractivity contribution is -0.137. The summed E-state index contributed by atoms with van der Waals surface area (Å²) in [6.07, 6.45) is 1.22. The Kier molecular flexibility index (Phi) is 10.1. The second-order valence-corrected chi connectivity index (χ2v) is 14.5. The fourth-order valence-corrected chi connectivity index (χ4v) is 7.43. The zero-order valence-electron chi connectivity index (χ0n) is 26.3. The topological polar surface area (TPSA) is 108 Å². The number of likely N-dealkylation sites (tertiary alicyclic amines) is 2. The van der Waals surface area contributed by atoms with Crippen LogP contribution >= 0.6 is 0 Å². The highest BCUT2D eigenvalue weighted by molar-refractivity contribution is 7.88. The predicted molar refractivity (Wildman–Crippen MR) is 164 cm³/mol. The number of anilines is 1. The van der Waals surface area contributed by atoms with Crippen LogP contribution in [-0.4, -0.2) is 103 Å². The molecule has 1 N–H and O–H groups in total. The molecule has 0 spiro atoms. The van der Waals surface area contributed by atoms with Crippen molar-refractivity contribution >= 4 is 21.7 Å². The van der Waals surface area contributed by atoms with Crippen LogP contribution in [0.15, 0.2) is 24.3 Å². The summed E-state index contributed by atoms with van der Waals surface area (Å²) in [5.41, 5.74) is 1.09. The summed E-state index contributed by atoms with van der Waals surface area (Å²) < 4.78 is 70.2. The van der Waals surface area contributed by atoms with Gasteiger partial charge in [-0.1, -0.05) is 12.1 Å². The molecule has 0 aliphatic carbocycles. The van der Waals surface area contributed by atoms with Gasteiger partial charge in [-0.25, -0.2) is 22.7 Å². The van der Waals surface area contributed by atoms with Gasteiger partial charge in [0.2, 0.25) is 10.0 Å². The molecule has 1 amide bonds. The van der Waals surface area contributed by atoms with E-state index in [9.17, 15) is 26.4 Å². The van der Waals surface area contributed by atoms with Crippen molar-refractivity contribution in [3.8, 4) is 0 Å². The number of amides is 1. The Labute approximate surface area is 263 Å². The molecule has 0 radical (unpaired) electrons. The molecule has 0 saturated carbocycles. The Bertz CT molecular complexity index is 1460. The van der Waals surface area contributed by atoms with Gasteiger partial charge in [-0.2, -0.15) is 13.2 Å². The molecule has 3 aliphatic heterocycles. The average molecular weight is 653 g/mol. The molecule has 4 heterocycles. The molecular weight excluding hydrogens is 609 g/mol. The van der Waals surface area contributed by atoms with E-state index in [2.05, 4.69) is 20.2 Å². The van der Waals surface area contributed by atoms with E-state index in [4.69, 9.17) is 4.74 Å². The number of hydrogen-bond acceptors (Lipinski definition) is 8. The fourth-order valence-electron chi connectivity index (χ4n) is 6.68. The summed E-state index contributed by atoms with van der Waals surface area (Å²) in [4.78, 5) is 26.9. The minimum atomic E-state index is -4.37. The largest absolute Gasteiger partial charge is 0.416 e. The van der Waals surface area contributed by atoms with Gasteiger partial charge in [0.05, 0.1) is 24.0 Å². The number of aromatic nitrogens is 2. The van der Waals surface area contributed by atoms with E-state index < -0.39 is 21.8 Å². The zero-order valence-corrected chi connectivity index (χ0v) is 27.1. The number of halogens is 3. The van der Waals surface area contributed by atoms with Crippen molar-refractivity contribution in [2.24, 2.45) is 0 Å². The highest BCUT2D eigenvalue weighted by Crippen LogP contribution is 2.35. The molecule has 1 aromatic carbocycles. The molecule has 2 aromatic rings. The van der Waals surface area contributed by atoms with Gasteiger partial charge in [0.25, 0.3) is 5.91 Å². The molecule has 14 heteroatoms. The van der Waals surface area contributed by atoms with Crippen molar-refractivity contribution in [3.05, 3.63) is 52.5 Å². The first-order chi connectivity index (χ1) is 21.2. The Hall–Kier alpha value is -2.81. The van der Waals surface area contributed by atoms with Gasteiger partial charge in [-0.15, -0.1) is 0 Å². The summed E-state index contributed by atoms with van der Waals surface area (Å²) in [5, 5.41) is 3.32. The van der Waals surface area contributed by atoms with Crippen LogP contribution in [0.3, 0.4) is 0 Å². The van der Waals surface area contributed by atoms with Crippen LogP contribution in [0.4, 0.5) is 19.0 Å². The molecular formula is C31H43F3N6O4S. The smallest absolute Gasteiger partial charge is 0.368 e. The van der Waals surface area contributed by atoms with Gasteiger partial charge in [-0.3, -0.25) is 4.79 Å². The van der Waals surface area contributed by atoms with Crippen molar-refractivity contribution in [3.63, 3.8) is 0 Å². The Morgan fingerprint density at radius 2 is 1.64 bits per heavy atom. The van der Waals surface area contributed by atoms with E-state index in [-0.39, 0.29) is 24.2 Å². The maximum atomic E-state index is 13.6. The number of hydrogen-bond donors (Lipinski definition) is 1. The maximum Gasteiger partial charge on any atom is 0.416 e. The van der Waals surface area contributed by atoms with Crippen LogP contribution in [0.25, 0.3) is 0 Å². The second-order valence-electron chi connectivity index (χ2n) is 12.5. The number of rotatable bonds is 8. The predicted octanol–water partition coefficient (Wildman–Crippen LogP) is 4.40. The Morgan fingerprint density at radius 3 is 2.24 bits per heavy atom. The normalized spacial score (nSPS) is 22.7. The molecule has 3 fully saturated rings. The van der Waals surface area contributed by atoms with E-state index in [0.29, 0.717) is 55.0 Å².